The van der Waals surface area contributed by atoms with E-state index in [1.165, 1.54) is 20.8 Å². The van der Waals surface area contributed by atoms with Crippen molar-refractivity contribution < 1.29 is 38.1 Å². The van der Waals surface area contributed by atoms with Gasteiger partial charge in [0.15, 0.2) is 5.76 Å². The zero-order chi connectivity index (χ0) is 16.1. The van der Waals surface area contributed by atoms with Gasteiger partial charge >= 0.3 is 18.1 Å². The summed E-state index contributed by atoms with van der Waals surface area (Å²) >= 11 is 0. The molecule has 0 heterocycles. The van der Waals surface area contributed by atoms with Gasteiger partial charge in [0.25, 0.3) is 0 Å². The fourth-order valence-corrected chi connectivity index (χ4v) is 2.68. The molecule has 0 aromatic rings. The van der Waals surface area contributed by atoms with Crippen LogP contribution in [0.4, 0.5) is 13.2 Å². The van der Waals surface area contributed by atoms with Crippen molar-refractivity contribution in [2.75, 3.05) is 0 Å². The Morgan fingerprint density at radius 1 is 1.15 bits per heavy atom. The third-order valence-corrected chi connectivity index (χ3v) is 4.33. The predicted octanol–water partition coefficient (Wildman–Crippen LogP) is 2.58. The van der Waals surface area contributed by atoms with Crippen molar-refractivity contribution in [3.63, 3.8) is 0 Å². The number of allylic oxidation sites excluding steroid dienone is 1. The molecule has 20 heavy (non-hydrogen) atoms. The summed E-state index contributed by atoms with van der Waals surface area (Å²) in [6.07, 6.45) is -5.78. The van der Waals surface area contributed by atoms with Gasteiger partial charge in [-0.25, -0.2) is 0 Å². The van der Waals surface area contributed by atoms with Crippen LogP contribution in [0.15, 0.2) is 11.3 Å². The van der Waals surface area contributed by atoms with Gasteiger partial charge in [-0.1, -0.05) is 13.8 Å². The van der Waals surface area contributed by atoms with E-state index in [4.69, 9.17) is 5.11 Å². The Morgan fingerprint density at radius 3 is 1.90 bits per heavy atom. The summed E-state index contributed by atoms with van der Waals surface area (Å²) in [4.78, 5) is 22.6. The first kappa shape index (κ1) is 16.3. The second-order valence-electron chi connectivity index (χ2n) is 5.68. The SMILES string of the molecule is CC1(C(=O)O)C/C(=C(/O)C(F)(F)F)C(C(=O)O)C1(C)C. The first-order valence-corrected chi connectivity index (χ1v) is 5.72. The van der Waals surface area contributed by atoms with Crippen molar-refractivity contribution in [1.82, 2.24) is 0 Å². The van der Waals surface area contributed by atoms with E-state index in [1.54, 1.807) is 0 Å². The molecule has 2 atom stereocenters. The fraction of sp³-hybridized carbons (Fsp3) is 0.667. The molecular weight excluding hydrogens is 281 g/mol. The van der Waals surface area contributed by atoms with Gasteiger partial charge in [0.1, 0.15) is 0 Å². The molecule has 0 radical (unpaired) electrons. The van der Waals surface area contributed by atoms with Gasteiger partial charge in [-0.2, -0.15) is 13.2 Å². The number of hydrogen-bond acceptors (Lipinski definition) is 3. The number of aliphatic hydroxyl groups excluding tert-OH is 1. The van der Waals surface area contributed by atoms with Crippen molar-refractivity contribution >= 4 is 11.9 Å². The Bertz CT molecular complexity index is 492. The average molecular weight is 296 g/mol. The molecule has 1 saturated carbocycles. The molecule has 0 spiro atoms. The predicted molar refractivity (Wildman–Crippen MR) is 61.0 cm³/mol. The lowest BCUT2D eigenvalue weighted by molar-refractivity contribution is -0.157. The van der Waals surface area contributed by atoms with Crippen LogP contribution in [0.5, 0.6) is 0 Å². The van der Waals surface area contributed by atoms with E-state index in [0.717, 1.165) is 0 Å². The van der Waals surface area contributed by atoms with Gasteiger partial charge in [0.2, 0.25) is 0 Å². The zero-order valence-electron chi connectivity index (χ0n) is 11.1. The van der Waals surface area contributed by atoms with Crippen LogP contribution in [0.3, 0.4) is 0 Å². The molecule has 1 aliphatic carbocycles. The molecule has 5 nitrogen and oxygen atoms in total. The highest BCUT2D eigenvalue weighted by Crippen LogP contribution is 2.59. The molecule has 114 valence electrons. The maximum Gasteiger partial charge on any atom is 0.448 e. The number of alkyl halides is 3. The van der Waals surface area contributed by atoms with E-state index in [0.29, 0.717) is 0 Å². The number of carboxylic acids is 2. The molecular formula is C12H15F3O5. The van der Waals surface area contributed by atoms with E-state index < -0.39 is 52.6 Å². The molecule has 0 amide bonds. The minimum Gasteiger partial charge on any atom is -0.504 e. The van der Waals surface area contributed by atoms with Gasteiger partial charge in [-0.3, -0.25) is 9.59 Å². The second-order valence-corrected chi connectivity index (χ2v) is 5.68. The molecule has 2 unspecified atom stereocenters. The van der Waals surface area contributed by atoms with Crippen LogP contribution < -0.4 is 0 Å². The Kier molecular flexibility index (Phi) is 3.58. The first-order valence-electron chi connectivity index (χ1n) is 5.72. The number of halogens is 3. The van der Waals surface area contributed by atoms with Crippen molar-refractivity contribution in [2.45, 2.75) is 33.4 Å². The minimum absolute atomic E-state index is 0.669. The van der Waals surface area contributed by atoms with E-state index in [-0.39, 0.29) is 0 Å². The van der Waals surface area contributed by atoms with E-state index >= 15 is 0 Å². The smallest absolute Gasteiger partial charge is 0.448 e. The summed E-state index contributed by atoms with van der Waals surface area (Å²) in [6.45, 7) is 3.73. The van der Waals surface area contributed by atoms with Gasteiger partial charge in [0.05, 0.1) is 11.3 Å². The van der Waals surface area contributed by atoms with Crippen LogP contribution in [-0.2, 0) is 9.59 Å². The number of aliphatic hydroxyl groups is 1. The van der Waals surface area contributed by atoms with Crippen molar-refractivity contribution in [1.29, 1.82) is 0 Å². The molecule has 3 N–H and O–H groups in total. The highest BCUT2D eigenvalue weighted by Gasteiger charge is 2.63. The Hall–Kier alpha value is -1.73. The van der Waals surface area contributed by atoms with Crippen molar-refractivity contribution in [3.05, 3.63) is 11.3 Å². The van der Waals surface area contributed by atoms with Crippen LogP contribution in [0.1, 0.15) is 27.2 Å². The number of carboxylic acid groups (broad SMARTS) is 2. The van der Waals surface area contributed by atoms with Gasteiger partial charge in [-0.05, 0) is 24.3 Å². The highest BCUT2D eigenvalue weighted by molar-refractivity contribution is 5.83. The third kappa shape index (κ3) is 2.12. The molecule has 0 saturated heterocycles. The van der Waals surface area contributed by atoms with E-state index in [1.807, 2.05) is 0 Å². The lowest BCUT2D eigenvalue weighted by atomic mass is 9.65. The fourth-order valence-electron chi connectivity index (χ4n) is 2.68. The number of aliphatic carboxylic acids is 2. The molecule has 0 aliphatic heterocycles. The molecule has 1 fully saturated rings. The second kappa shape index (κ2) is 4.39. The summed E-state index contributed by atoms with van der Waals surface area (Å²) in [5, 5.41) is 27.6. The van der Waals surface area contributed by atoms with Crippen LogP contribution >= 0.6 is 0 Å². The zero-order valence-corrected chi connectivity index (χ0v) is 11.1. The summed E-state index contributed by atoms with van der Waals surface area (Å²) in [7, 11) is 0. The number of hydrogen-bond donors (Lipinski definition) is 3. The first-order chi connectivity index (χ1) is 8.76. The average Bonchev–Trinajstić information content (AvgIpc) is 2.45. The summed E-state index contributed by atoms with van der Waals surface area (Å²) in [6, 6.07) is 0. The Balaban J connectivity index is 3.58. The van der Waals surface area contributed by atoms with Crippen LogP contribution in [0, 0.1) is 16.7 Å². The highest BCUT2D eigenvalue weighted by atomic mass is 19.4. The summed E-state index contributed by atoms with van der Waals surface area (Å²) in [5.41, 5.74) is -4.00. The van der Waals surface area contributed by atoms with Gasteiger partial charge in [0, 0.05) is 0 Å². The quantitative estimate of drug-likeness (QED) is 0.681. The van der Waals surface area contributed by atoms with Crippen molar-refractivity contribution in [3.8, 4) is 0 Å². The Labute approximate surface area is 112 Å². The lowest BCUT2D eigenvalue weighted by Crippen LogP contribution is -2.42. The Morgan fingerprint density at radius 2 is 1.60 bits per heavy atom. The maximum atomic E-state index is 12.6. The molecule has 1 rings (SSSR count). The van der Waals surface area contributed by atoms with Crippen LogP contribution in [0.25, 0.3) is 0 Å². The number of carbonyl (C=O) groups is 2. The van der Waals surface area contributed by atoms with Crippen molar-refractivity contribution in [2.24, 2.45) is 16.7 Å². The normalized spacial score (nSPS) is 32.0. The minimum atomic E-state index is -5.11. The topological polar surface area (TPSA) is 94.8 Å². The summed E-state index contributed by atoms with van der Waals surface area (Å²) in [5.74, 6) is -6.72. The van der Waals surface area contributed by atoms with Gasteiger partial charge < -0.3 is 15.3 Å². The number of rotatable bonds is 2. The van der Waals surface area contributed by atoms with Gasteiger partial charge in [-0.15, -0.1) is 0 Å². The largest absolute Gasteiger partial charge is 0.504 e. The van der Waals surface area contributed by atoms with E-state index in [2.05, 4.69) is 0 Å². The lowest BCUT2D eigenvalue weighted by Gasteiger charge is -2.36. The summed E-state index contributed by atoms with van der Waals surface area (Å²) < 4.78 is 37.8. The molecule has 1 aliphatic rings. The maximum absolute atomic E-state index is 12.6. The van der Waals surface area contributed by atoms with E-state index in [9.17, 15) is 33.0 Å². The molecule has 0 aromatic carbocycles. The van der Waals surface area contributed by atoms with Crippen LogP contribution in [-0.4, -0.2) is 33.4 Å². The van der Waals surface area contributed by atoms with Crippen LogP contribution in [0.2, 0.25) is 0 Å². The molecule has 0 aromatic heterocycles. The third-order valence-electron chi connectivity index (χ3n) is 4.33. The molecule has 8 heteroatoms. The molecule has 0 bridgehead atoms. The standard InChI is InChI=1S/C12H15F3O5/c1-10(2)6(8(17)18)5(7(16)12(13,14)15)4-11(10,3)9(19)20/h6,16H,4H2,1-3H3,(H,17,18)(H,19,20)/b7-5-. The monoisotopic (exact) mass is 296 g/mol.